The molecule has 4 rings (SSSR count). The number of rotatable bonds is 9. The van der Waals surface area contributed by atoms with Crippen LogP contribution in [0.25, 0.3) is 0 Å². The molecule has 182 valence electrons. The molecule has 1 fully saturated rings. The summed E-state index contributed by atoms with van der Waals surface area (Å²) >= 11 is 0. The summed E-state index contributed by atoms with van der Waals surface area (Å²) in [5.74, 6) is -0.772. The fraction of sp³-hybridized carbons (Fsp3) is 0.231. The Bertz CT molecular complexity index is 1320. The highest BCUT2D eigenvalue weighted by molar-refractivity contribution is 7.89. The molecule has 35 heavy (non-hydrogen) atoms. The van der Waals surface area contributed by atoms with E-state index >= 15 is 0 Å². The predicted octanol–water partition coefficient (Wildman–Crippen LogP) is 4.26. The number of hydrogen-bond donors (Lipinski definition) is 3. The molecule has 1 aliphatic carbocycles. The summed E-state index contributed by atoms with van der Waals surface area (Å²) in [6.45, 7) is 2.22. The van der Waals surface area contributed by atoms with Gasteiger partial charge in [0.25, 0.3) is 11.8 Å². The number of sulfonamides is 1. The minimum atomic E-state index is -3.67. The van der Waals surface area contributed by atoms with E-state index in [1.54, 1.807) is 36.4 Å². The van der Waals surface area contributed by atoms with Crippen LogP contribution in [0.2, 0.25) is 0 Å². The third-order valence-electron chi connectivity index (χ3n) is 5.79. The van der Waals surface area contributed by atoms with Crippen LogP contribution in [-0.4, -0.2) is 26.8 Å². The zero-order chi connectivity index (χ0) is 25.0. The summed E-state index contributed by atoms with van der Waals surface area (Å²) in [5.41, 5.74) is 1.93. The first-order valence-corrected chi connectivity index (χ1v) is 12.8. The second-order valence-corrected chi connectivity index (χ2v) is 10.4. The number of benzene rings is 3. The summed E-state index contributed by atoms with van der Waals surface area (Å²) < 4.78 is 40.6. The number of amides is 2. The first kappa shape index (κ1) is 24.6. The Labute approximate surface area is 203 Å². The van der Waals surface area contributed by atoms with Crippen molar-refractivity contribution in [3.63, 3.8) is 0 Å². The predicted molar refractivity (Wildman–Crippen MR) is 131 cm³/mol. The molecule has 7 nitrogen and oxygen atoms in total. The van der Waals surface area contributed by atoms with Crippen LogP contribution in [0.1, 0.15) is 52.1 Å². The van der Waals surface area contributed by atoms with Crippen LogP contribution in [0.15, 0.2) is 77.7 Å². The summed E-state index contributed by atoms with van der Waals surface area (Å²) in [5, 5.41) is 5.61. The van der Waals surface area contributed by atoms with Gasteiger partial charge in [-0.25, -0.2) is 17.5 Å². The number of anilines is 1. The van der Waals surface area contributed by atoms with Gasteiger partial charge in [-0.1, -0.05) is 18.2 Å². The Morgan fingerprint density at radius 1 is 0.943 bits per heavy atom. The maximum atomic E-state index is 13.0. The lowest BCUT2D eigenvalue weighted by atomic mass is 10.1. The molecule has 2 amide bonds. The standard InChI is InChI=1S/C26H26FN3O4S/c1-17(19-9-13-23(14-10-19)30-25(31)20-7-11-22(27)12-8-20)29-26(32)21-3-2-4-24(15-21)35(33,34)28-16-18-5-6-18/h2-4,7-15,17-18,28H,5-6,16H2,1H3,(H,29,32)(H,30,31). The lowest BCUT2D eigenvalue weighted by molar-refractivity contribution is 0.0939. The van der Waals surface area contributed by atoms with Crippen molar-refractivity contribution < 1.29 is 22.4 Å². The molecular weight excluding hydrogens is 469 g/mol. The normalized spacial score (nSPS) is 14.2. The van der Waals surface area contributed by atoms with Gasteiger partial charge in [-0.05, 0) is 85.8 Å². The highest BCUT2D eigenvalue weighted by atomic mass is 32.2. The van der Waals surface area contributed by atoms with Gasteiger partial charge in [0, 0.05) is 23.4 Å². The Kier molecular flexibility index (Phi) is 7.28. The number of hydrogen-bond acceptors (Lipinski definition) is 4. The van der Waals surface area contributed by atoms with Crippen LogP contribution < -0.4 is 15.4 Å². The fourth-order valence-electron chi connectivity index (χ4n) is 3.46. The Morgan fingerprint density at radius 3 is 2.29 bits per heavy atom. The van der Waals surface area contributed by atoms with E-state index in [-0.39, 0.29) is 22.4 Å². The molecule has 1 atom stereocenters. The zero-order valence-electron chi connectivity index (χ0n) is 19.1. The summed E-state index contributed by atoms with van der Waals surface area (Å²) in [6.07, 6.45) is 2.06. The topological polar surface area (TPSA) is 104 Å². The molecule has 9 heteroatoms. The van der Waals surface area contributed by atoms with Crippen LogP contribution in [-0.2, 0) is 10.0 Å². The van der Waals surface area contributed by atoms with Crippen molar-refractivity contribution >= 4 is 27.5 Å². The molecule has 0 spiro atoms. The third kappa shape index (κ3) is 6.52. The molecular formula is C26H26FN3O4S. The van der Waals surface area contributed by atoms with Crippen LogP contribution >= 0.6 is 0 Å². The molecule has 0 heterocycles. The lowest BCUT2D eigenvalue weighted by Crippen LogP contribution is -2.28. The van der Waals surface area contributed by atoms with E-state index in [1.807, 2.05) is 6.92 Å². The summed E-state index contributed by atoms with van der Waals surface area (Å²) in [4.78, 5) is 25.1. The largest absolute Gasteiger partial charge is 0.346 e. The number of carbonyl (C=O) groups excluding carboxylic acids is 2. The van der Waals surface area contributed by atoms with E-state index in [0.29, 0.717) is 23.7 Å². The van der Waals surface area contributed by atoms with Crippen molar-refractivity contribution in [3.8, 4) is 0 Å². The quantitative estimate of drug-likeness (QED) is 0.413. The molecule has 3 N–H and O–H groups in total. The van der Waals surface area contributed by atoms with Crippen LogP contribution in [0.3, 0.4) is 0 Å². The Balaban J connectivity index is 1.36. The van der Waals surface area contributed by atoms with Crippen molar-refractivity contribution in [3.05, 3.63) is 95.3 Å². The highest BCUT2D eigenvalue weighted by Gasteiger charge is 2.24. The van der Waals surface area contributed by atoms with E-state index in [1.165, 1.54) is 36.4 Å². The van der Waals surface area contributed by atoms with Gasteiger partial charge in [0.05, 0.1) is 10.9 Å². The molecule has 0 bridgehead atoms. The van der Waals surface area contributed by atoms with Gasteiger partial charge in [0.2, 0.25) is 10.0 Å². The van der Waals surface area contributed by atoms with E-state index in [9.17, 15) is 22.4 Å². The number of carbonyl (C=O) groups is 2. The van der Waals surface area contributed by atoms with E-state index < -0.39 is 21.7 Å². The SMILES string of the molecule is CC(NC(=O)c1cccc(S(=O)(=O)NCC2CC2)c1)c1ccc(NC(=O)c2ccc(F)cc2)cc1. The van der Waals surface area contributed by atoms with Gasteiger partial charge in [-0.3, -0.25) is 9.59 Å². The van der Waals surface area contributed by atoms with Crippen molar-refractivity contribution in [1.82, 2.24) is 10.0 Å². The van der Waals surface area contributed by atoms with Crippen LogP contribution in [0.5, 0.6) is 0 Å². The van der Waals surface area contributed by atoms with Gasteiger partial charge in [0.15, 0.2) is 0 Å². The van der Waals surface area contributed by atoms with Gasteiger partial charge in [0.1, 0.15) is 5.82 Å². The number of nitrogens with one attached hydrogen (secondary N) is 3. The molecule has 1 aliphatic rings. The molecule has 0 aromatic heterocycles. The van der Waals surface area contributed by atoms with E-state index in [0.717, 1.165) is 18.4 Å². The smallest absolute Gasteiger partial charge is 0.255 e. The Hall–Kier alpha value is -3.56. The average molecular weight is 496 g/mol. The minimum absolute atomic E-state index is 0.0553. The van der Waals surface area contributed by atoms with Crippen molar-refractivity contribution in [2.24, 2.45) is 5.92 Å². The van der Waals surface area contributed by atoms with Crippen molar-refractivity contribution in [2.45, 2.75) is 30.7 Å². The van der Waals surface area contributed by atoms with Crippen LogP contribution in [0.4, 0.5) is 10.1 Å². The minimum Gasteiger partial charge on any atom is -0.346 e. The fourth-order valence-corrected chi connectivity index (χ4v) is 4.62. The second-order valence-electron chi connectivity index (χ2n) is 8.60. The third-order valence-corrected chi connectivity index (χ3v) is 7.21. The first-order chi connectivity index (χ1) is 16.7. The molecule has 0 saturated heterocycles. The Morgan fingerprint density at radius 2 is 1.63 bits per heavy atom. The maximum Gasteiger partial charge on any atom is 0.255 e. The monoisotopic (exact) mass is 495 g/mol. The number of halogens is 1. The van der Waals surface area contributed by atoms with Gasteiger partial charge in [-0.2, -0.15) is 0 Å². The molecule has 0 aliphatic heterocycles. The van der Waals surface area contributed by atoms with E-state index in [2.05, 4.69) is 15.4 Å². The molecule has 3 aromatic rings. The first-order valence-electron chi connectivity index (χ1n) is 11.3. The molecule has 1 unspecified atom stereocenters. The second kappa shape index (κ2) is 10.4. The van der Waals surface area contributed by atoms with Gasteiger partial charge in [-0.15, -0.1) is 0 Å². The van der Waals surface area contributed by atoms with E-state index in [4.69, 9.17) is 0 Å². The van der Waals surface area contributed by atoms with Crippen molar-refractivity contribution in [1.29, 1.82) is 0 Å². The summed E-state index contributed by atoms with van der Waals surface area (Å²) in [7, 11) is -3.67. The highest BCUT2D eigenvalue weighted by Crippen LogP contribution is 2.28. The average Bonchev–Trinajstić information content (AvgIpc) is 3.68. The van der Waals surface area contributed by atoms with Crippen molar-refractivity contribution in [2.75, 3.05) is 11.9 Å². The summed E-state index contributed by atoms with van der Waals surface area (Å²) in [6, 6.07) is 17.8. The van der Waals surface area contributed by atoms with Crippen LogP contribution in [0, 0.1) is 11.7 Å². The molecule has 3 aromatic carbocycles. The van der Waals surface area contributed by atoms with Gasteiger partial charge < -0.3 is 10.6 Å². The molecule has 1 saturated carbocycles. The van der Waals surface area contributed by atoms with Gasteiger partial charge >= 0.3 is 0 Å². The molecule has 0 radical (unpaired) electrons. The maximum absolute atomic E-state index is 13.0. The lowest BCUT2D eigenvalue weighted by Gasteiger charge is -2.16. The zero-order valence-corrected chi connectivity index (χ0v) is 19.9.